The van der Waals surface area contributed by atoms with Gasteiger partial charge < -0.3 is 4.42 Å². The van der Waals surface area contributed by atoms with Gasteiger partial charge in [0, 0.05) is 44.1 Å². The quantitative estimate of drug-likeness (QED) is 0.187. The fourth-order valence-corrected chi connectivity index (χ4v) is 6.94. The number of hydrogen-bond acceptors (Lipinski definition) is 5. The van der Waals surface area contributed by atoms with Crippen LogP contribution in [0.5, 0.6) is 0 Å². The first-order valence-corrected chi connectivity index (χ1v) is 16.6. The van der Waals surface area contributed by atoms with E-state index in [9.17, 15) is 0 Å². The van der Waals surface area contributed by atoms with Crippen LogP contribution in [0.4, 0.5) is 0 Å². The second-order valence-corrected chi connectivity index (χ2v) is 12.3. The van der Waals surface area contributed by atoms with E-state index in [-0.39, 0.29) is 0 Å². The number of pyridine rings is 1. The first kappa shape index (κ1) is 28.1. The van der Waals surface area contributed by atoms with E-state index in [1.165, 1.54) is 0 Å². The second-order valence-electron chi connectivity index (χ2n) is 12.3. The van der Waals surface area contributed by atoms with E-state index in [0.717, 1.165) is 77.5 Å². The highest BCUT2D eigenvalue weighted by atomic mass is 16.3. The molecule has 0 amide bonds. The normalized spacial score (nSPS) is 11.6. The molecule has 4 heterocycles. The van der Waals surface area contributed by atoms with Gasteiger partial charge in [0.1, 0.15) is 5.69 Å². The number of benzene rings is 6. The molecule has 6 nitrogen and oxygen atoms in total. The van der Waals surface area contributed by atoms with Gasteiger partial charge in [-0.1, -0.05) is 127 Å². The van der Waals surface area contributed by atoms with E-state index >= 15 is 0 Å². The molecule has 0 spiro atoms. The molecule has 4 aromatic heterocycles. The Morgan fingerprint density at radius 1 is 0.400 bits per heavy atom. The first-order chi connectivity index (χ1) is 24.8. The van der Waals surface area contributed by atoms with E-state index in [1.807, 2.05) is 84.9 Å². The summed E-state index contributed by atoms with van der Waals surface area (Å²) in [5.41, 5.74) is 9.15. The highest BCUT2D eigenvalue weighted by molar-refractivity contribution is 6.28. The van der Waals surface area contributed by atoms with Crippen molar-refractivity contribution in [2.75, 3.05) is 0 Å². The molecule has 6 heteroatoms. The number of furan rings is 1. The molecule has 0 unspecified atom stereocenters. The van der Waals surface area contributed by atoms with Gasteiger partial charge in [-0.25, -0.2) is 19.9 Å². The molecule has 0 aliphatic rings. The molecule has 234 valence electrons. The monoisotopic (exact) mass is 641 g/mol. The number of para-hydroxylation sites is 2. The lowest BCUT2D eigenvalue weighted by Crippen LogP contribution is -2.00. The largest absolute Gasteiger partial charge is 0.437 e. The number of aromatic nitrogens is 5. The van der Waals surface area contributed by atoms with Crippen molar-refractivity contribution >= 4 is 43.9 Å². The van der Waals surface area contributed by atoms with Gasteiger partial charge in [-0.05, 0) is 36.4 Å². The molecule has 0 fully saturated rings. The van der Waals surface area contributed by atoms with Crippen LogP contribution in [0.1, 0.15) is 0 Å². The van der Waals surface area contributed by atoms with Crippen molar-refractivity contribution in [3.63, 3.8) is 0 Å². The van der Waals surface area contributed by atoms with E-state index in [4.69, 9.17) is 24.4 Å². The number of hydrogen-bond donors (Lipinski definition) is 0. The van der Waals surface area contributed by atoms with Crippen LogP contribution in [0, 0.1) is 0 Å². The molecular formula is C44H27N5O. The van der Waals surface area contributed by atoms with Gasteiger partial charge in [0.05, 0.1) is 16.4 Å². The maximum atomic E-state index is 6.93. The summed E-state index contributed by atoms with van der Waals surface area (Å²) >= 11 is 0. The molecule has 0 aliphatic carbocycles. The Morgan fingerprint density at radius 3 is 1.52 bits per heavy atom. The molecule has 50 heavy (non-hydrogen) atoms. The predicted molar refractivity (Wildman–Crippen MR) is 201 cm³/mol. The third kappa shape index (κ3) is 4.50. The van der Waals surface area contributed by atoms with Crippen LogP contribution < -0.4 is 0 Å². The molecule has 10 aromatic rings. The third-order valence-electron chi connectivity index (χ3n) is 9.26. The number of rotatable bonds is 5. The Balaban J connectivity index is 1.18. The van der Waals surface area contributed by atoms with Crippen LogP contribution in [0.15, 0.2) is 168 Å². The van der Waals surface area contributed by atoms with Crippen molar-refractivity contribution in [1.29, 1.82) is 0 Å². The zero-order valence-electron chi connectivity index (χ0n) is 26.7. The highest BCUT2D eigenvalue weighted by Gasteiger charge is 2.24. The summed E-state index contributed by atoms with van der Waals surface area (Å²) in [4.78, 5) is 19.8. The fourth-order valence-electron chi connectivity index (χ4n) is 6.94. The summed E-state index contributed by atoms with van der Waals surface area (Å²) in [5, 5.41) is 4.34. The molecule has 0 bridgehead atoms. The van der Waals surface area contributed by atoms with E-state index < -0.39 is 0 Å². The van der Waals surface area contributed by atoms with Gasteiger partial charge >= 0.3 is 0 Å². The molecule has 0 atom stereocenters. The molecule has 10 rings (SSSR count). The van der Waals surface area contributed by atoms with Crippen molar-refractivity contribution in [2.24, 2.45) is 0 Å². The van der Waals surface area contributed by atoms with Gasteiger partial charge in [-0.2, -0.15) is 0 Å². The van der Waals surface area contributed by atoms with Gasteiger partial charge in [0.25, 0.3) is 0 Å². The maximum Gasteiger partial charge on any atom is 0.213 e. The van der Waals surface area contributed by atoms with Crippen molar-refractivity contribution in [1.82, 2.24) is 24.5 Å². The molecule has 0 saturated carbocycles. The van der Waals surface area contributed by atoms with Crippen molar-refractivity contribution in [3.8, 4) is 51.1 Å². The summed E-state index contributed by atoms with van der Waals surface area (Å²) in [6.45, 7) is 0. The minimum Gasteiger partial charge on any atom is -0.437 e. The van der Waals surface area contributed by atoms with Gasteiger partial charge in [0.2, 0.25) is 5.71 Å². The Hall–Kier alpha value is -6.92. The molecule has 0 radical (unpaired) electrons. The molecule has 6 aromatic carbocycles. The lowest BCUT2D eigenvalue weighted by Gasteiger charge is -2.10. The maximum absolute atomic E-state index is 6.93. The summed E-state index contributed by atoms with van der Waals surface area (Å²) in [7, 11) is 0. The second kappa shape index (κ2) is 11.4. The Kier molecular flexibility index (Phi) is 6.39. The van der Waals surface area contributed by atoms with Gasteiger partial charge in [0.15, 0.2) is 23.1 Å². The standard InChI is InChI=1S/C44H27N5O/c1-4-14-28(15-5-1)39-40-37(33-20-10-12-22-35(33)45-39)38-34-21-11-13-23-36(34)49(44(38)50-40)32-26-24-31(25-27-32)43-47-41(29-16-6-2-7-17-29)46-42(48-43)30-18-8-3-9-19-30/h1-27H. The van der Waals surface area contributed by atoms with E-state index in [2.05, 4.69) is 83.4 Å². The zero-order valence-corrected chi connectivity index (χ0v) is 26.7. The minimum absolute atomic E-state index is 0.612. The zero-order chi connectivity index (χ0) is 33.0. The van der Waals surface area contributed by atoms with Crippen molar-refractivity contribution in [3.05, 3.63) is 164 Å². The van der Waals surface area contributed by atoms with Crippen LogP contribution in [-0.2, 0) is 0 Å². The average molecular weight is 642 g/mol. The van der Waals surface area contributed by atoms with Crippen LogP contribution >= 0.6 is 0 Å². The predicted octanol–water partition coefficient (Wildman–Crippen LogP) is 10.9. The van der Waals surface area contributed by atoms with Crippen LogP contribution in [-0.4, -0.2) is 24.5 Å². The first-order valence-electron chi connectivity index (χ1n) is 16.6. The summed E-state index contributed by atoms with van der Waals surface area (Å²) in [6, 6.07) is 55.5. The minimum atomic E-state index is 0.612. The third-order valence-corrected chi connectivity index (χ3v) is 9.26. The highest BCUT2D eigenvalue weighted by Crippen LogP contribution is 2.44. The van der Waals surface area contributed by atoms with Crippen molar-refractivity contribution < 1.29 is 4.42 Å². The lowest BCUT2D eigenvalue weighted by atomic mass is 10.0. The molecular weight excluding hydrogens is 615 g/mol. The fraction of sp³-hybridized carbons (Fsp3) is 0. The topological polar surface area (TPSA) is 69.6 Å². The summed E-state index contributed by atoms with van der Waals surface area (Å²) in [6.07, 6.45) is 0. The Labute approximate surface area is 287 Å². The smallest absolute Gasteiger partial charge is 0.213 e. The van der Waals surface area contributed by atoms with Crippen LogP contribution in [0.2, 0.25) is 0 Å². The Morgan fingerprint density at radius 2 is 0.900 bits per heavy atom. The summed E-state index contributed by atoms with van der Waals surface area (Å²) in [5.74, 6) is 1.88. The van der Waals surface area contributed by atoms with Crippen LogP contribution in [0.3, 0.4) is 0 Å². The number of nitrogens with zero attached hydrogens (tertiary/aromatic N) is 5. The Bertz CT molecular complexity index is 2780. The van der Waals surface area contributed by atoms with E-state index in [1.54, 1.807) is 0 Å². The molecule has 0 saturated heterocycles. The number of fused-ring (bicyclic) bond motifs is 7. The van der Waals surface area contributed by atoms with Gasteiger partial charge in [-0.3, -0.25) is 4.57 Å². The van der Waals surface area contributed by atoms with Crippen LogP contribution in [0.25, 0.3) is 95.0 Å². The van der Waals surface area contributed by atoms with E-state index in [0.29, 0.717) is 17.5 Å². The summed E-state index contributed by atoms with van der Waals surface area (Å²) < 4.78 is 9.13. The average Bonchev–Trinajstić information content (AvgIpc) is 3.74. The van der Waals surface area contributed by atoms with Gasteiger partial charge in [-0.15, -0.1) is 0 Å². The molecule has 0 aliphatic heterocycles. The SMILES string of the molecule is c1ccc(-c2nc(-c3ccccc3)nc(-c3ccc(-n4c5ccccc5c5c6c(oc54)c(-c4ccccc4)nc4ccccc46)cc3)n2)cc1. The molecule has 0 N–H and O–H groups in total. The van der Waals surface area contributed by atoms with Crippen molar-refractivity contribution in [2.45, 2.75) is 0 Å². The lowest BCUT2D eigenvalue weighted by molar-refractivity contribution is 0.645.